The lowest BCUT2D eigenvalue weighted by Crippen LogP contribution is -1.96. The second-order valence-electron chi connectivity index (χ2n) is 16.5. The molecule has 0 N–H and O–H groups in total. The molecule has 0 aliphatic carbocycles. The van der Waals surface area contributed by atoms with Gasteiger partial charge in [0, 0.05) is 49.3 Å². The van der Waals surface area contributed by atoms with Gasteiger partial charge in [-0.1, -0.05) is 170 Å². The van der Waals surface area contributed by atoms with Gasteiger partial charge in [0.1, 0.15) is 11.2 Å². The molecule has 0 fully saturated rings. The van der Waals surface area contributed by atoms with Crippen LogP contribution in [-0.2, 0) is 0 Å². The zero-order valence-corrected chi connectivity index (χ0v) is 34.2. The van der Waals surface area contributed by atoms with Crippen LogP contribution < -0.4 is 0 Å². The third-order valence-electron chi connectivity index (χ3n) is 13.0. The number of hydrogen-bond donors (Lipinski definition) is 0. The minimum Gasteiger partial charge on any atom is -0.456 e. The van der Waals surface area contributed by atoms with Crippen LogP contribution in [0, 0.1) is 0 Å². The fraction of sp³-hybridized carbons (Fsp3) is 0. The Morgan fingerprint density at radius 1 is 0.270 bits per heavy atom. The van der Waals surface area contributed by atoms with Crippen LogP contribution in [0.1, 0.15) is 0 Å². The van der Waals surface area contributed by atoms with Gasteiger partial charge in [-0.3, -0.25) is 0 Å². The van der Waals surface area contributed by atoms with Crippen molar-refractivity contribution in [2.45, 2.75) is 0 Å². The maximum Gasteiger partial charge on any atom is 0.136 e. The van der Waals surface area contributed by atoms with Gasteiger partial charge >= 0.3 is 0 Å². The normalized spacial score (nSPS) is 11.8. The van der Waals surface area contributed by atoms with Crippen LogP contribution in [0.2, 0.25) is 0 Å². The Labute approximate surface area is 363 Å². The number of aromatic nitrogens is 2. The SMILES string of the molecule is c1ccc(-n2c3ccccc3c3c(-c4cccc5c6ccccc6n(-c6ccc(-c7ccc(-c8ccc(-c9ccc%10c(c9)oc9ccccc9%10)cc8)cc7)cc6)c45)cccc32)cc1. The summed E-state index contributed by atoms with van der Waals surface area (Å²) in [5.41, 5.74) is 18.4. The summed E-state index contributed by atoms with van der Waals surface area (Å²) in [5, 5.41) is 7.30. The topological polar surface area (TPSA) is 23.0 Å². The first-order valence-electron chi connectivity index (χ1n) is 21.6. The van der Waals surface area contributed by atoms with Crippen molar-refractivity contribution in [2.24, 2.45) is 0 Å². The maximum absolute atomic E-state index is 6.17. The third-order valence-corrected chi connectivity index (χ3v) is 13.0. The van der Waals surface area contributed by atoms with E-state index in [1.54, 1.807) is 0 Å². The first kappa shape index (κ1) is 35.4. The van der Waals surface area contributed by atoms with E-state index in [0.29, 0.717) is 0 Å². The van der Waals surface area contributed by atoms with Crippen molar-refractivity contribution in [3.63, 3.8) is 0 Å². The molecule has 0 unspecified atom stereocenters. The van der Waals surface area contributed by atoms with Gasteiger partial charge in [0.05, 0.1) is 22.1 Å². The van der Waals surface area contributed by atoms with Crippen LogP contribution in [0.3, 0.4) is 0 Å². The lowest BCUT2D eigenvalue weighted by molar-refractivity contribution is 0.669. The Morgan fingerprint density at radius 2 is 0.746 bits per heavy atom. The Kier molecular flexibility index (Phi) is 7.91. The zero-order chi connectivity index (χ0) is 41.4. The van der Waals surface area contributed by atoms with Crippen molar-refractivity contribution in [3.8, 4) is 55.9 Å². The molecule has 0 bridgehead atoms. The van der Waals surface area contributed by atoms with Crippen molar-refractivity contribution in [2.75, 3.05) is 0 Å². The van der Waals surface area contributed by atoms with Crippen molar-refractivity contribution >= 4 is 65.6 Å². The van der Waals surface area contributed by atoms with Gasteiger partial charge < -0.3 is 13.6 Å². The smallest absolute Gasteiger partial charge is 0.136 e. The number of rotatable bonds is 6. The summed E-state index contributed by atoms with van der Waals surface area (Å²) >= 11 is 0. The van der Waals surface area contributed by atoms with E-state index >= 15 is 0 Å². The summed E-state index contributed by atoms with van der Waals surface area (Å²) < 4.78 is 11.0. The summed E-state index contributed by atoms with van der Waals surface area (Å²) in [6, 6.07) is 83.4. The highest BCUT2D eigenvalue weighted by Gasteiger charge is 2.21. The molecule has 0 spiro atoms. The lowest BCUT2D eigenvalue weighted by Gasteiger charge is -2.14. The number of para-hydroxylation sites is 5. The largest absolute Gasteiger partial charge is 0.456 e. The van der Waals surface area contributed by atoms with Crippen LogP contribution in [0.5, 0.6) is 0 Å². The molecule has 0 saturated heterocycles. The average Bonchev–Trinajstić information content (AvgIpc) is 4.02. The van der Waals surface area contributed by atoms with Crippen LogP contribution >= 0.6 is 0 Å². The second kappa shape index (κ2) is 14.1. The van der Waals surface area contributed by atoms with Crippen LogP contribution in [0.15, 0.2) is 235 Å². The molecule has 13 aromatic rings. The Hall–Kier alpha value is -8.40. The molecule has 3 heterocycles. The molecule has 0 amide bonds. The standard InChI is InChI=1S/C60H38N2O/c1-2-12-45(13-3-1)61-55-21-8-5-16-53(55)59-50(17-11-22-56(59)61)52-19-10-18-51-47-14-4-7-20-54(47)62(60(51)52)46-35-32-42(33-36-46)41-26-24-39(25-27-41)40-28-30-43(31-29-40)44-34-37-49-48-15-6-9-23-57(48)63-58(49)38-44/h1-38H. The van der Waals surface area contributed by atoms with Crippen molar-refractivity contribution < 1.29 is 4.42 Å². The second-order valence-corrected chi connectivity index (χ2v) is 16.5. The first-order chi connectivity index (χ1) is 31.2. The summed E-state index contributed by atoms with van der Waals surface area (Å²) in [6.45, 7) is 0. The van der Waals surface area contributed by atoms with Gasteiger partial charge in [0.2, 0.25) is 0 Å². The molecule has 3 nitrogen and oxygen atoms in total. The van der Waals surface area contributed by atoms with Crippen LogP contribution in [0.4, 0.5) is 0 Å². The van der Waals surface area contributed by atoms with E-state index in [1.807, 2.05) is 12.1 Å². The average molecular weight is 803 g/mol. The number of hydrogen-bond acceptors (Lipinski definition) is 1. The van der Waals surface area contributed by atoms with Crippen molar-refractivity contribution in [1.82, 2.24) is 9.13 Å². The molecule has 0 saturated carbocycles. The van der Waals surface area contributed by atoms with Crippen LogP contribution in [0.25, 0.3) is 121 Å². The molecule has 63 heavy (non-hydrogen) atoms. The molecule has 0 atom stereocenters. The minimum atomic E-state index is 0.915. The monoisotopic (exact) mass is 802 g/mol. The van der Waals surface area contributed by atoms with Gasteiger partial charge in [-0.2, -0.15) is 0 Å². The van der Waals surface area contributed by atoms with E-state index in [4.69, 9.17) is 4.42 Å². The molecular weight excluding hydrogens is 765 g/mol. The predicted molar refractivity (Wildman–Crippen MR) is 264 cm³/mol. The zero-order valence-electron chi connectivity index (χ0n) is 34.2. The number of fused-ring (bicyclic) bond motifs is 9. The van der Waals surface area contributed by atoms with E-state index in [2.05, 4.69) is 228 Å². The molecular formula is C60H38N2O. The van der Waals surface area contributed by atoms with Gasteiger partial charge in [-0.05, 0) is 99.6 Å². The van der Waals surface area contributed by atoms with Gasteiger partial charge in [-0.25, -0.2) is 0 Å². The predicted octanol–water partition coefficient (Wildman–Crippen LogP) is 16.4. The third kappa shape index (κ3) is 5.60. The summed E-state index contributed by atoms with van der Waals surface area (Å²) in [4.78, 5) is 0. The molecule has 0 aliphatic heterocycles. The van der Waals surface area contributed by atoms with Gasteiger partial charge in [0.15, 0.2) is 0 Å². The number of nitrogens with zero attached hydrogens (tertiary/aromatic N) is 2. The maximum atomic E-state index is 6.17. The van der Waals surface area contributed by atoms with Crippen molar-refractivity contribution in [1.29, 1.82) is 0 Å². The van der Waals surface area contributed by atoms with Crippen LogP contribution in [-0.4, -0.2) is 9.13 Å². The highest BCUT2D eigenvalue weighted by molar-refractivity contribution is 6.20. The van der Waals surface area contributed by atoms with E-state index in [1.165, 1.54) is 82.6 Å². The summed E-state index contributed by atoms with van der Waals surface area (Å²) in [5.74, 6) is 0. The van der Waals surface area contributed by atoms with Gasteiger partial charge in [-0.15, -0.1) is 0 Å². The Bertz CT molecular complexity index is 3870. The van der Waals surface area contributed by atoms with E-state index in [9.17, 15) is 0 Å². The lowest BCUT2D eigenvalue weighted by atomic mass is 9.97. The highest BCUT2D eigenvalue weighted by Crippen LogP contribution is 2.44. The quantitative estimate of drug-likeness (QED) is 0.164. The molecule has 0 radical (unpaired) electrons. The van der Waals surface area contributed by atoms with Crippen molar-refractivity contribution in [3.05, 3.63) is 231 Å². The summed E-state index contributed by atoms with van der Waals surface area (Å²) in [7, 11) is 0. The molecule has 3 heteroatoms. The summed E-state index contributed by atoms with van der Waals surface area (Å²) in [6.07, 6.45) is 0. The highest BCUT2D eigenvalue weighted by atomic mass is 16.3. The van der Waals surface area contributed by atoms with E-state index in [-0.39, 0.29) is 0 Å². The molecule has 3 aromatic heterocycles. The molecule has 10 aromatic carbocycles. The molecule has 13 rings (SSSR count). The first-order valence-corrected chi connectivity index (χ1v) is 21.6. The Balaban J connectivity index is 0.857. The fourth-order valence-electron chi connectivity index (χ4n) is 10.0. The molecule has 294 valence electrons. The fourth-order valence-corrected chi connectivity index (χ4v) is 10.0. The van der Waals surface area contributed by atoms with E-state index < -0.39 is 0 Å². The number of benzene rings is 10. The Morgan fingerprint density at radius 3 is 1.46 bits per heavy atom. The van der Waals surface area contributed by atoms with E-state index in [0.717, 1.165) is 38.9 Å². The van der Waals surface area contributed by atoms with Gasteiger partial charge in [0.25, 0.3) is 0 Å². The number of furan rings is 1. The molecule has 0 aliphatic rings. The minimum absolute atomic E-state index is 0.915.